The monoisotopic (exact) mass is 424 g/mol. The predicted molar refractivity (Wildman–Crippen MR) is 121 cm³/mol. The van der Waals surface area contributed by atoms with Crippen molar-refractivity contribution < 1.29 is 9.53 Å². The Kier molecular flexibility index (Phi) is 5.78. The number of thiophene rings is 1. The summed E-state index contributed by atoms with van der Waals surface area (Å²) in [7, 11) is 0. The second-order valence-electron chi connectivity index (χ2n) is 8.34. The summed E-state index contributed by atoms with van der Waals surface area (Å²) in [5.41, 5.74) is 4.13. The molecule has 0 saturated heterocycles. The van der Waals surface area contributed by atoms with Crippen LogP contribution in [0.15, 0.2) is 29.3 Å². The number of carbonyl (C=O) groups is 1. The molecule has 1 aliphatic carbocycles. The first-order valence-electron chi connectivity index (χ1n) is 10.6. The molecule has 0 aliphatic heterocycles. The maximum atomic E-state index is 13.4. The van der Waals surface area contributed by atoms with Crippen LogP contribution in [0.2, 0.25) is 0 Å². The molecule has 0 spiro atoms. The first-order valence-corrected chi connectivity index (χ1v) is 11.5. The van der Waals surface area contributed by atoms with Crippen LogP contribution in [-0.4, -0.2) is 21.6 Å². The zero-order valence-electron chi connectivity index (χ0n) is 18.0. The van der Waals surface area contributed by atoms with E-state index in [-0.39, 0.29) is 17.6 Å². The van der Waals surface area contributed by atoms with Crippen molar-refractivity contribution in [3.63, 3.8) is 0 Å². The number of nitrogens with zero attached hydrogens (tertiary/aromatic N) is 2. The highest BCUT2D eigenvalue weighted by Gasteiger charge is 2.25. The highest BCUT2D eigenvalue weighted by molar-refractivity contribution is 7.19. The molecule has 30 heavy (non-hydrogen) atoms. The fourth-order valence-electron chi connectivity index (χ4n) is 4.20. The molecule has 5 nitrogen and oxygen atoms in total. The summed E-state index contributed by atoms with van der Waals surface area (Å²) in [5.74, 6) is -0.357. The molecule has 2 heterocycles. The zero-order chi connectivity index (χ0) is 21.4. The molecule has 158 valence electrons. The van der Waals surface area contributed by atoms with Gasteiger partial charge in [0.15, 0.2) is 0 Å². The lowest BCUT2D eigenvalue weighted by molar-refractivity contribution is -0.154. The largest absolute Gasteiger partial charge is 0.461 e. The van der Waals surface area contributed by atoms with E-state index < -0.39 is 6.04 Å². The molecule has 1 fully saturated rings. The van der Waals surface area contributed by atoms with Crippen molar-refractivity contribution in [2.45, 2.75) is 71.9 Å². The van der Waals surface area contributed by atoms with Crippen LogP contribution in [0.25, 0.3) is 21.3 Å². The highest BCUT2D eigenvalue weighted by atomic mass is 32.1. The average Bonchev–Trinajstić information content (AvgIpc) is 3.07. The van der Waals surface area contributed by atoms with Crippen molar-refractivity contribution in [3.05, 3.63) is 50.9 Å². The summed E-state index contributed by atoms with van der Waals surface area (Å²) in [6.07, 6.45) is 6.65. The van der Waals surface area contributed by atoms with Gasteiger partial charge in [-0.15, -0.1) is 11.3 Å². The van der Waals surface area contributed by atoms with E-state index in [1.165, 1.54) is 39.8 Å². The van der Waals surface area contributed by atoms with Crippen LogP contribution < -0.4 is 5.56 Å². The Morgan fingerprint density at radius 2 is 1.90 bits per heavy atom. The molecule has 0 unspecified atom stereocenters. The Bertz CT molecular complexity index is 1160. The number of hydrogen-bond donors (Lipinski definition) is 0. The van der Waals surface area contributed by atoms with Crippen LogP contribution in [0, 0.1) is 20.8 Å². The van der Waals surface area contributed by atoms with E-state index in [0.29, 0.717) is 10.2 Å². The normalized spacial score (nSPS) is 16.0. The topological polar surface area (TPSA) is 61.2 Å². The van der Waals surface area contributed by atoms with Crippen molar-refractivity contribution in [3.8, 4) is 11.1 Å². The summed E-state index contributed by atoms with van der Waals surface area (Å²) in [6, 6.07) is 5.53. The third-order valence-corrected chi connectivity index (χ3v) is 7.22. The summed E-state index contributed by atoms with van der Waals surface area (Å²) < 4.78 is 7.12. The van der Waals surface area contributed by atoms with E-state index >= 15 is 0 Å². The Balaban J connectivity index is 1.73. The molecular weight excluding hydrogens is 396 g/mol. The number of aryl methyl sites for hydroxylation is 3. The summed E-state index contributed by atoms with van der Waals surface area (Å²) in [5, 5.41) is 0.584. The molecule has 0 amide bonds. The summed E-state index contributed by atoms with van der Waals surface area (Å²) in [6.45, 7) is 7.88. The SMILES string of the molecule is Cc1ccc(-c2c(C)sc3ncn([C@H](C)C(=O)OC4CCCCC4)c(=O)c23)cc1C. The lowest BCUT2D eigenvalue weighted by Gasteiger charge is -2.24. The van der Waals surface area contributed by atoms with Crippen LogP contribution in [0.3, 0.4) is 0 Å². The van der Waals surface area contributed by atoms with Crippen molar-refractivity contribution in [1.82, 2.24) is 9.55 Å². The fraction of sp³-hybridized carbons (Fsp3) is 0.458. The average molecular weight is 425 g/mol. The van der Waals surface area contributed by atoms with E-state index in [1.807, 2.05) is 13.0 Å². The molecule has 3 aromatic rings. The van der Waals surface area contributed by atoms with E-state index in [1.54, 1.807) is 6.92 Å². The number of hydrogen-bond acceptors (Lipinski definition) is 5. The highest BCUT2D eigenvalue weighted by Crippen LogP contribution is 2.36. The first-order chi connectivity index (χ1) is 14.4. The minimum Gasteiger partial charge on any atom is -0.461 e. The van der Waals surface area contributed by atoms with Crippen molar-refractivity contribution in [2.75, 3.05) is 0 Å². The number of aromatic nitrogens is 2. The number of ether oxygens (including phenoxy) is 1. The van der Waals surface area contributed by atoms with Gasteiger partial charge in [0.25, 0.3) is 5.56 Å². The minimum atomic E-state index is -0.705. The van der Waals surface area contributed by atoms with Crippen LogP contribution in [-0.2, 0) is 9.53 Å². The maximum Gasteiger partial charge on any atom is 0.329 e. The molecule has 0 radical (unpaired) electrons. The molecule has 0 bridgehead atoms. The van der Waals surface area contributed by atoms with Gasteiger partial charge in [-0.3, -0.25) is 9.36 Å². The molecule has 4 rings (SSSR count). The third-order valence-electron chi connectivity index (χ3n) is 6.20. The molecular formula is C24H28N2O3S. The van der Waals surface area contributed by atoms with E-state index in [4.69, 9.17) is 4.74 Å². The maximum absolute atomic E-state index is 13.4. The lowest BCUT2D eigenvalue weighted by atomic mass is 9.98. The Morgan fingerprint density at radius 3 is 2.60 bits per heavy atom. The Hall–Kier alpha value is -2.47. The number of esters is 1. The number of fused-ring (bicyclic) bond motifs is 1. The predicted octanol–water partition coefficient (Wildman–Crippen LogP) is 5.49. The minimum absolute atomic E-state index is 0.0319. The van der Waals surface area contributed by atoms with Crippen LogP contribution in [0.5, 0.6) is 0 Å². The summed E-state index contributed by atoms with van der Waals surface area (Å²) in [4.78, 5) is 32.4. The molecule has 0 N–H and O–H groups in total. The Labute approximate surface area is 180 Å². The molecule has 1 saturated carbocycles. The van der Waals surface area contributed by atoms with Gasteiger partial charge in [-0.25, -0.2) is 9.78 Å². The van der Waals surface area contributed by atoms with Crippen molar-refractivity contribution in [2.24, 2.45) is 0 Å². The van der Waals surface area contributed by atoms with Crippen molar-refractivity contribution in [1.29, 1.82) is 0 Å². The van der Waals surface area contributed by atoms with Crippen LogP contribution in [0.4, 0.5) is 0 Å². The number of carbonyl (C=O) groups excluding carboxylic acids is 1. The van der Waals surface area contributed by atoms with E-state index in [2.05, 4.69) is 31.0 Å². The molecule has 1 atom stereocenters. The third kappa shape index (κ3) is 3.81. The van der Waals surface area contributed by atoms with Gasteiger partial charge in [0, 0.05) is 10.4 Å². The second kappa shape index (κ2) is 8.34. The van der Waals surface area contributed by atoms with Gasteiger partial charge >= 0.3 is 5.97 Å². The Morgan fingerprint density at radius 1 is 1.17 bits per heavy atom. The molecule has 1 aliphatic rings. The zero-order valence-corrected chi connectivity index (χ0v) is 18.8. The van der Waals surface area contributed by atoms with Gasteiger partial charge in [0.05, 0.1) is 11.7 Å². The van der Waals surface area contributed by atoms with Gasteiger partial charge in [-0.2, -0.15) is 0 Å². The quantitative estimate of drug-likeness (QED) is 0.520. The van der Waals surface area contributed by atoms with E-state index in [9.17, 15) is 9.59 Å². The van der Waals surface area contributed by atoms with Gasteiger partial charge in [-0.05, 0) is 70.1 Å². The van der Waals surface area contributed by atoms with Crippen molar-refractivity contribution >= 4 is 27.5 Å². The molecule has 1 aromatic carbocycles. The first kappa shape index (κ1) is 20.8. The summed E-state index contributed by atoms with van der Waals surface area (Å²) >= 11 is 1.51. The van der Waals surface area contributed by atoms with Crippen LogP contribution in [0.1, 0.15) is 61.1 Å². The lowest BCUT2D eigenvalue weighted by Crippen LogP contribution is -2.32. The van der Waals surface area contributed by atoms with Gasteiger partial charge < -0.3 is 4.74 Å². The second-order valence-corrected chi connectivity index (χ2v) is 9.55. The van der Waals surface area contributed by atoms with Gasteiger partial charge in [0.2, 0.25) is 0 Å². The molecule has 2 aromatic heterocycles. The number of rotatable bonds is 4. The smallest absolute Gasteiger partial charge is 0.329 e. The standard InChI is InChI=1S/C24H28N2O3S/c1-14-10-11-18(12-15(14)2)20-17(4)30-22-21(20)23(27)26(13-25-22)16(3)24(28)29-19-8-6-5-7-9-19/h10-13,16,19H,5-9H2,1-4H3/t16-/m1/s1. The number of benzene rings is 1. The van der Waals surface area contributed by atoms with Gasteiger partial charge in [-0.1, -0.05) is 24.6 Å². The molecule has 6 heteroatoms. The van der Waals surface area contributed by atoms with Gasteiger partial charge in [0.1, 0.15) is 17.0 Å². The van der Waals surface area contributed by atoms with Crippen LogP contribution >= 0.6 is 11.3 Å². The van der Waals surface area contributed by atoms with E-state index in [0.717, 1.165) is 41.7 Å². The fourth-order valence-corrected chi connectivity index (χ4v) is 5.20.